The predicted molar refractivity (Wildman–Crippen MR) is 56.5 cm³/mol. The summed E-state index contributed by atoms with van der Waals surface area (Å²) in [7, 11) is -4.95. The van der Waals surface area contributed by atoms with Crippen molar-refractivity contribution in [1.29, 1.82) is 0 Å². The van der Waals surface area contributed by atoms with Crippen LogP contribution in [0, 0.1) is 0 Å². The minimum Gasteiger partial charge on any atom is -0.491 e. The molecule has 106 valence electrons. The molecule has 0 spiro atoms. The molecule has 1 aromatic rings. The van der Waals surface area contributed by atoms with Crippen molar-refractivity contribution in [3.05, 3.63) is 23.8 Å². The number of hydrogen-bond acceptors (Lipinski definition) is 4. The predicted octanol–water partition coefficient (Wildman–Crippen LogP) is 1.73. The van der Waals surface area contributed by atoms with Gasteiger partial charge in [-0.05, 0) is 18.2 Å². The number of alkyl halides is 3. The molecule has 0 radical (unpaired) electrons. The topological polar surface area (TPSA) is 76.1 Å². The lowest BCUT2D eigenvalue weighted by Crippen LogP contribution is -2.13. The number of halogens is 3. The maximum Gasteiger partial charge on any atom is 0.417 e. The van der Waals surface area contributed by atoms with Gasteiger partial charge in [0.05, 0.1) is 12.2 Å². The molecule has 0 aromatic heterocycles. The summed E-state index contributed by atoms with van der Waals surface area (Å²) in [6.07, 6.45) is -5.06. The maximum atomic E-state index is 12.7. The number of epoxide rings is 1. The van der Waals surface area contributed by atoms with Gasteiger partial charge in [-0.15, -0.1) is 0 Å². The Morgan fingerprint density at radius 2 is 2.05 bits per heavy atom. The highest BCUT2D eigenvalue weighted by Gasteiger charge is 2.37. The van der Waals surface area contributed by atoms with Gasteiger partial charge in [0.25, 0.3) is 10.1 Å². The molecule has 1 aliphatic rings. The Kier molecular flexibility index (Phi) is 3.45. The van der Waals surface area contributed by atoms with E-state index >= 15 is 0 Å². The molecule has 0 bridgehead atoms. The van der Waals surface area contributed by atoms with Crippen LogP contribution in [0.2, 0.25) is 0 Å². The van der Waals surface area contributed by atoms with Crippen molar-refractivity contribution in [2.24, 2.45) is 0 Å². The zero-order valence-electron chi connectivity index (χ0n) is 9.35. The largest absolute Gasteiger partial charge is 0.491 e. The van der Waals surface area contributed by atoms with E-state index in [9.17, 15) is 21.6 Å². The van der Waals surface area contributed by atoms with E-state index in [4.69, 9.17) is 14.0 Å². The van der Waals surface area contributed by atoms with Gasteiger partial charge in [-0.3, -0.25) is 4.55 Å². The van der Waals surface area contributed by atoms with Crippen LogP contribution in [0.15, 0.2) is 23.1 Å². The zero-order chi connectivity index (χ0) is 14.3. The molecule has 1 atom stereocenters. The summed E-state index contributed by atoms with van der Waals surface area (Å²) in [5, 5.41) is 0. The first-order valence-electron chi connectivity index (χ1n) is 5.11. The quantitative estimate of drug-likeness (QED) is 0.676. The second-order valence-electron chi connectivity index (χ2n) is 3.90. The van der Waals surface area contributed by atoms with Crippen LogP contribution in [0.3, 0.4) is 0 Å². The first kappa shape index (κ1) is 14.1. The first-order chi connectivity index (χ1) is 8.68. The molecule has 2 rings (SSSR count). The van der Waals surface area contributed by atoms with Gasteiger partial charge in [0.15, 0.2) is 0 Å². The van der Waals surface area contributed by atoms with Crippen molar-refractivity contribution in [3.8, 4) is 5.75 Å². The van der Waals surface area contributed by atoms with E-state index in [0.717, 1.165) is 6.07 Å². The van der Waals surface area contributed by atoms with E-state index < -0.39 is 26.8 Å². The molecule has 1 saturated heterocycles. The highest BCUT2D eigenvalue weighted by molar-refractivity contribution is 7.85. The van der Waals surface area contributed by atoms with Crippen LogP contribution in [0.1, 0.15) is 5.56 Å². The second-order valence-corrected chi connectivity index (χ2v) is 5.29. The lowest BCUT2D eigenvalue weighted by atomic mass is 10.2. The maximum absolute atomic E-state index is 12.7. The lowest BCUT2D eigenvalue weighted by molar-refractivity contribution is -0.140. The normalized spacial score (nSPS) is 19.3. The molecular weight excluding hydrogens is 289 g/mol. The minimum atomic E-state index is -4.95. The standard InChI is InChI=1S/C10H9F3O5S/c11-10(12,13)8-3-6(17-4-7-5-18-7)1-2-9(8)19(14,15)16/h1-3,7H,4-5H2,(H,14,15,16). The van der Waals surface area contributed by atoms with Crippen LogP contribution in [0.25, 0.3) is 0 Å². The van der Waals surface area contributed by atoms with Crippen molar-refractivity contribution >= 4 is 10.1 Å². The summed E-state index contributed by atoms with van der Waals surface area (Å²) < 4.78 is 78.5. The van der Waals surface area contributed by atoms with Crippen molar-refractivity contribution < 1.29 is 35.6 Å². The van der Waals surface area contributed by atoms with Crippen molar-refractivity contribution in [2.45, 2.75) is 17.2 Å². The molecular formula is C10H9F3O5S. The highest BCUT2D eigenvalue weighted by Crippen LogP contribution is 2.36. The number of hydrogen-bond donors (Lipinski definition) is 1. The molecule has 19 heavy (non-hydrogen) atoms. The van der Waals surface area contributed by atoms with Gasteiger partial charge in [-0.1, -0.05) is 0 Å². The fourth-order valence-corrected chi connectivity index (χ4v) is 2.09. The Balaban J connectivity index is 2.35. The van der Waals surface area contributed by atoms with Gasteiger partial charge in [-0.2, -0.15) is 21.6 Å². The minimum absolute atomic E-state index is 0.0858. The van der Waals surface area contributed by atoms with Gasteiger partial charge in [0.2, 0.25) is 0 Å². The second kappa shape index (κ2) is 4.66. The Bertz CT molecular complexity index is 577. The molecule has 1 aliphatic heterocycles. The summed E-state index contributed by atoms with van der Waals surface area (Å²) in [5.41, 5.74) is -1.47. The van der Waals surface area contributed by atoms with E-state index in [-0.39, 0.29) is 18.5 Å². The molecule has 0 saturated carbocycles. The Morgan fingerprint density at radius 3 is 2.53 bits per heavy atom. The number of benzene rings is 1. The van der Waals surface area contributed by atoms with Gasteiger partial charge in [0, 0.05) is 0 Å². The Labute approximate surface area is 106 Å². The average Bonchev–Trinajstić information content (AvgIpc) is 3.07. The Morgan fingerprint density at radius 1 is 1.42 bits per heavy atom. The summed E-state index contributed by atoms with van der Waals surface area (Å²) in [5.74, 6) is -0.143. The molecule has 1 unspecified atom stereocenters. The number of rotatable bonds is 4. The van der Waals surface area contributed by atoms with E-state index in [1.54, 1.807) is 0 Å². The molecule has 0 aliphatic carbocycles. The van der Waals surface area contributed by atoms with Gasteiger partial charge in [-0.25, -0.2) is 0 Å². The van der Waals surface area contributed by atoms with Crippen LogP contribution in [0.4, 0.5) is 13.2 Å². The van der Waals surface area contributed by atoms with E-state index in [1.807, 2.05) is 0 Å². The van der Waals surface area contributed by atoms with Gasteiger partial charge in [0.1, 0.15) is 23.4 Å². The fourth-order valence-electron chi connectivity index (χ4n) is 1.40. The third kappa shape index (κ3) is 3.58. The highest BCUT2D eigenvalue weighted by atomic mass is 32.2. The third-order valence-corrected chi connectivity index (χ3v) is 3.28. The van der Waals surface area contributed by atoms with Crippen molar-refractivity contribution in [2.75, 3.05) is 13.2 Å². The van der Waals surface area contributed by atoms with Crippen molar-refractivity contribution in [1.82, 2.24) is 0 Å². The van der Waals surface area contributed by atoms with E-state index in [2.05, 4.69) is 0 Å². The molecule has 1 aromatic carbocycles. The summed E-state index contributed by atoms with van der Waals surface area (Å²) in [4.78, 5) is -1.20. The zero-order valence-corrected chi connectivity index (χ0v) is 10.2. The van der Waals surface area contributed by atoms with Gasteiger partial charge >= 0.3 is 6.18 Å². The molecule has 1 N–H and O–H groups in total. The molecule has 9 heteroatoms. The van der Waals surface area contributed by atoms with Crippen LogP contribution in [-0.2, 0) is 21.0 Å². The van der Waals surface area contributed by atoms with E-state index in [1.165, 1.54) is 0 Å². The number of ether oxygens (including phenoxy) is 2. The molecule has 5 nitrogen and oxygen atoms in total. The van der Waals surface area contributed by atoms with Crippen LogP contribution in [-0.4, -0.2) is 32.3 Å². The SMILES string of the molecule is O=S(=O)(O)c1ccc(OCC2CO2)cc1C(F)(F)F. The van der Waals surface area contributed by atoms with Crippen LogP contribution < -0.4 is 4.74 Å². The summed E-state index contributed by atoms with van der Waals surface area (Å²) >= 11 is 0. The lowest BCUT2D eigenvalue weighted by Gasteiger charge is -2.13. The van der Waals surface area contributed by atoms with Crippen molar-refractivity contribution in [3.63, 3.8) is 0 Å². The summed E-state index contributed by atoms with van der Waals surface area (Å²) in [6, 6.07) is 2.23. The Hall–Kier alpha value is -1.32. The third-order valence-electron chi connectivity index (χ3n) is 2.37. The monoisotopic (exact) mass is 298 g/mol. The van der Waals surface area contributed by atoms with Crippen LogP contribution >= 0.6 is 0 Å². The fraction of sp³-hybridized carbons (Fsp3) is 0.400. The van der Waals surface area contributed by atoms with Crippen LogP contribution in [0.5, 0.6) is 5.75 Å². The van der Waals surface area contributed by atoms with Gasteiger partial charge < -0.3 is 9.47 Å². The first-order valence-corrected chi connectivity index (χ1v) is 6.55. The van der Waals surface area contributed by atoms with E-state index in [0.29, 0.717) is 18.7 Å². The molecule has 1 heterocycles. The smallest absolute Gasteiger partial charge is 0.417 e. The average molecular weight is 298 g/mol. The molecule has 1 fully saturated rings. The molecule has 0 amide bonds. The summed E-state index contributed by atoms with van der Waals surface area (Å²) in [6.45, 7) is 0.567.